The van der Waals surface area contributed by atoms with Gasteiger partial charge in [-0.3, -0.25) is 9.59 Å². The predicted octanol–water partition coefficient (Wildman–Crippen LogP) is 5.18. The zero-order chi connectivity index (χ0) is 31.1. The molecule has 0 saturated carbocycles. The van der Waals surface area contributed by atoms with Crippen LogP contribution in [-0.2, 0) is 39.0 Å². The van der Waals surface area contributed by atoms with Gasteiger partial charge in [0.25, 0.3) is 0 Å². The van der Waals surface area contributed by atoms with E-state index in [4.69, 9.17) is 19.9 Å². The van der Waals surface area contributed by atoms with E-state index in [1.807, 2.05) is 24.3 Å². The molecule has 0 radical (unpaired) electrons. The van der Waals surface area contributed by atoms with E-state index >= 15 is 0 Å². The number of carbonyl (C=O) groups excluding carboxylic acids is 2. The number of nitrogens with zero attached hydrogens (tertiary/aromatic N) is 1. The maximum absolute atomic E-state index is 11.7. The van der Waals surface area contributed by atoms with Crippen molar-refractivity contribution in [1.82, 2.24) is 4.90 Å². The third kappa shape index (κ3) is 5.66. The zero-order valence-corrected chi connectivity index (χ0v) is 26.0. The molecule has 3 aromatic rings. The maximum atomic E-state index is 11.7. The predicted molar refractivity (Wildman–Crippen MR) is 170 cm³/mol. The van der Waals surface area contributed by atoms with E-state index in [0.29, 0.717) is 17.5 Å². The largest absolute Gasteiger partial charge is 0.481 e. The van der Waals surface area contributed by atoms with Gasteiger partial charge in [0.15, 0.2) is 17.6 Å². The summed E-state index contributed by atoms with van der Waals surface area (Å²) in [6, 6.07) is 25.1. The van der Waals surface area contributed by atoms with E-state index in [1.54, 1.807) is 0 Å². The molecule has 2 bridgehead atoms. The Balaban J connectivity index is 0.000000174. The van der Waals surface area contributed by atoms with E-state index in [1.165, 1.54) is 30.5 Å². The number of ether oxygens (including phenoxy) is 3. The smallest absolute Gasteiger partial charge is 0.308 e. The lowest BCUT2D eigenvalue weighted by atomic mass is 9.53. The highest BCUT2D eigenvalue weighted by Gasteiger charge is 2.65. The lowest BCUT2D eigenvalue weighted by molar-refractivity contribution is -0.152. The van der Waals surface area contributed by atoms with Crippen LogP contribution in [0, 0.1) is 5.92 Å². The van der Waals surface area contributed by atoms with Gasteiger partial charge in [-0.2, -0.15) is 0 Å². The minimum atomic E-state index is -0.439. The first kappa shape index (κ1) is 30.1. The highest BCUT2D eigenvalue weighted by molar-refractivity contribution is 5.73. The molecule has 1 saturated heterocycles. The quantitative estimate of drug-likeness (QED) is 0.239. The van der Waals surface area contributed by atoms with E-state index in [-0.39, 0.29) is 34.9 Å². The molecule has 2 heterocycles. The van der Waals surface area contributed by atoms with Crippen molar-refractivity contribution in [2.24, 2.45) is 11.7 Å². The zero-order valence-electron chi connectivity index (χ0n) is 26.0. The summed E-state index contributed by atoms with van der Waals surface area (Å²) < 4.78 is 17.5. The molecule has 4 aliphatic rings. The fourth-order valence-electron chi connectivity index (χ4n) is 7.92. The summed E-state index contributed by atoms with van der Waals surface area (Å²) in [5.74, 6) is 0.712. The Labute approximate surface area is 260 Å². The maximum Gasteiger partial charge on any atom is 0.308 e. The van der Waals surface area contributed by atoms with Crippen LogP contribution in [0.3, 0.4) is 0 Å². The fourth-order valence-corrected chi connectivity index (χ4v) is 7.92. The second-order valence-electron chi connectivity index (χ2n) is 13.1. The Morgan fingerprint density at radius 2 is 1.59 bits per heavy atom. The standard InChI is InChI=1S/C21H23NO5.C16H19N/c1-11(23)25-16-6-4-13-10-15-14-5-7-17(26-12(2)24)20-21(14,8-9-22(15)3)18(13)19(16)27-20;1-16(17,12-14-8-4-2-5-9-14)13-15-10-6-3-7-11-15/h4-7,14-15,17,20H,8-10H2,1-3H3;2-11H,12-13,17H2,1H3/t14-,15+,17-,20-,21-;/m0./s1. The number of rotatable bonds is 6. The minimum Gasteiger partial charge on any atom is -0.481 e. The Morgan fingerprint density at radius 3 is 2.18 bits per heavy atom. The number of likely N-dealkylation sites (tertiary alicyclic amines) is 1. The second kappa shape index (κ2) is 11.9. The first-order valence-corrected chi connectivity index (χ1v) is 15.5. The van der Waals surface area contributed by atoms with Crippen molar-refractivity contribution >= 4 is 11.9 Å². The summed E-state index contributed by atoms with van der Waals surface area (Å²) in [4.78, 5) is 25.7. The molecule has 1 fully saturated rings. The first-order chi connectivity index (χ1) is 21.1. The monoisotopic (exact) mass is 594 g/mol. The summed E-state index contributed by atoms with van der Waals surface area (Å²) in [5.41, 5.74) is 10.9. The van der Waals surface area contributed by atoms with E-state index in [9.17, 15) is 9.59 Å². The van der Waals surface area contributed by atoms with Gasteiger partial charge in [0.2, 0.25) is 0 Å². The number of piperidine rings is 1. The first-order valence-electron chi connectivity index (χ1n) is 15.5. The molecule has 7 nitrogen and oxygen atoms in total. The molecule has 230 valence electrons. The van der Waals surface area contributed by atoms with Gasteiger partial charge in [-0.25, -0.2) is 0 Å². The van der Waals surface area contributed by atoms with Crippen LogP contribution in [0.25, 0.3) is 0 Å². The van der Waals surface area contributed by atoms with Crippen molar-refractivity contribution < 1.29 is 23.8 Å². The van der Waals surface area contributed by atoms with Gasteiger partial charge in [-0.1, -0.05) is 72.8 Å². The van der Waals surface area contributed by atoms with E-state index < -0.39 is 6.10 Å². The molecule has 2 aliphatic carbocycles. The van der Waals surface area contributed by atoms with Crippen molar-refractivity contribution in [3.63, 3.8) is 0 Å². The molecule has 5 atom stereocenters. The molecular weight excluding hydrogens is 552 g/mol. The van der Waals surface area contributed by atoms with Crippen LogP contribution in [-0.4, -0.2) is 54.2 Å². The Bertz CT molecular complexity index is 1510. The fraction of sp³-hybridized carbons (Fsp3) is 0.405. The lowest BCUT2D eigenvalue weighted by Crippen LogP contribution is -2.65. The van der Waals surface area contributed by atoms with Crippen molar-refractivity contribution in [3.8, 4) is 11.5 Å². The molecule has 0 unspecified atom stereocenters. The van der Waals surface area contributed by atoms with Gasteiger partial charge in [-0.05, 0) is 75.0 Å². The van der Waals surface area contributed by atoms with Crippen LogP contribution in [0.2, 0.25) is 0 Å². The third-order valence-corrected chi connectivity index (χ3v) is 9.57. The molecule has 7 heteroatoms. The minimum absolute atomic E-state index is 0.192. The summed E-state index contributed by atoms with van der Waals surface area (Å²) >= 11 is 0. The number of hydrogen-bond donors (Lipinski definition) is 1. The van der Waals surface area contributed by atoms with Crippen molar-refractivity contribution in [1.29, 1.82) is 0 Å². The number of esters is 2. The summed E-state index contributed by atoms with van der Waals surface area (Å²) in [5, 5.41) is 0. The summed E-state index contributed by atoms with van der Waals surface area (Å²) in [7, 11) is 2.17. The second-order valence-corrected chi connectivity index (χ2v) is 13.1. The van der Waals surface area contributed by atoms with Crippen LogP contribution in [0.4, 0.5) is 0 Å². The third-order valence-electron chi connectivity index (χ3n) is 9.57. The molecule has 0 aromatic heterocycles. The van der Waals surface area contributed by atoms with Gasteiger partial charge in [0.1, 0.15) is 6.10 Å². The SMILES string of the molecule is CC(=O)Oc1ccc2c3c1O[C@H]1[C@@H](OC(C)=O)C=C[C@H]4[C@@H](C2)N(C)CC[C@@]341.CC(N)(Cc1ccccc1)Cc1ccccc1. The molecular formula is C37H42N2O5. The topological polar surface area (TPSA) is 91.1 Å². The number of nitrogens with two attached hydrogens (primary N) is 1. The molecule has 2 aliphatic heterocycles. The van der Waals surface area contributed by atoms with Crippen LogP contribution >= 0.6 is 0 Å². The van der Waals surface area contributed by atoms with Gasteiger partial charge in [0, 0.05) is 42.3 Å². The Hall–Kier alpha value is -3.94. The van der Waals surface area contributed by atoms with Crippen molar-refractivity contribution in [3.05, 3.63) is 107 Å². The van der Waals surface area contributed by atoms with Crippen molar-refractivity contribution in [2.45, 2.75) is 75.7 Å². The van der Waals surface area contributed by atoms with Crippen LogP contribution in [0.15, 0.2) is 84.9 Å². The Morgan fingerprint density at radius 1 is 0.955 bits per heavy atom. The summed E-state index contributed by atoms with van der Waals surface area (Å²) in [6.07, 6.45) is 7.12. The number of likely N-dealkylation sites (N-methyl/N-ethyl adjacent to an activating group) is 1. The molecule has 0 amide bonds. The Kier molecular flexibility index (Phi) is 8.12. The van der Waals surface area contributed by atoms with E-state index in [2.05, 4.69) is 79.5 Å². The normalized spacial score (nSPS) is 26.0. The van der Waals surface area contributed by atoms with Gasteiger partial charge >= 0.3 is 11.9 Å². The molecule has 7 rings (SSSR count). The van der Waals surface area contributed by atoms with Gasteiger partial charge in [-0.15, -0.1) is 0 Å². The number of benzene rings is 3. The highest BCUT2D eigenvalue weighted by Crippen LogP contribution is 2.62. The van der Waals surface area contributed by atoms with Gasteiger partial charge < -0.3 is 24.8 Å². The van der Waals surface area contributed by atoms with Gasteiger partial charge in [0.05, 0.1) is 0 Å². The van der Waals surface area contributed by atoms with Crippen molar-refractivity contribution in [2.75, 3.05) is 13.6 Å². The lowest BCUT2D eigenvalue weighted by Gasteiger charge is -2.56. The molecule has 44 heavy (non-hydrogen) atoms. The van der Waals surface area contributed by atoms with E-state index in [0.717, 1.165) is 37.8 Å². The number of carbonyl (C=O) groups is 2. The summed E-state index contributed by atoms with van der Waals surface area (Å²) in [6.45, 7) is 5.89. The van der Waals surface area contributed by atoms with Crippen LogP contribution in [0.1, 0.15) is 49.4 Å². The average Bonchev–Trinajstić information content (AvgIpc) is 3.33. The molecule has 1 spiro atoms. The van der Waals surface area contributed by atoms with Crippen LogP contribution in [0.5, 0.6) is 11.5 Å². The number of hydrogen-bond acceptors (Lipinski definition) is 7. The van der Waals surface area contributed by atoms with Crippen LogP contribution < -0.4 is 15.2 Å². The molecule has 2 N–H and O–H groups in total. The highest BCUT2D eigenvalue weighted by atomic mass is 16.6. The average molecular weight is 595 g/mol. The molecule has 3 aromatic carbocycles.